The number of aliphatic carboxylic acids is 1. The van der Waals surface area contributed by atoms with Crippen molar-refractivity contribution in [2.45, 2.75) is 37.3 Å². The minimum Gasteiger partial charge on any atom is -0.480 e. The van der Waals surface area contributed by atoms with E-state index in [1.54, 1.807) is 12.1 Å². The standard InChI is InChI=1S/C17H23NO3S2/c1-3-11(2)14(16(20)21)18-15(19)12-5-7-13(8-6-12)17-22-9-4-10-23-17/h5-8,11,14,17H,3-4,9-10H2,1-2H3,(H,18,19)(H,20,21). The molecule has 126 valence electrons. The Hall–Kier alpha value is -1.14. The van der Waals surface area contributed by atoms with Crippen LogP contribution in [-0.2, 0) is 4.79 Å². The molecular weight excluding hydrogens is 330 g/mol. The molecule has 2 atom stereocenters. The molecule has 4 nitrogen and oxygen atoms in total. The highest BCUT2D eigenvalue weighted by atomic mass is 32.2. The van der Waals surface area contributed by atoms with Crippen LogP contribution in [0.4, 0.5) is 0 Å². The molecule has 0 aromatic heterocycles. The average molecular weight is 354 g/mol. The minimum absolute atomic E-state index is 0.106. The summed E-state index contributed by atoms with van der Waals surface area (Å²) in [4.78, 5) is 23.6. The fourth-order valence-corrected chi connectivity index (χ4v) is 5.27. The van der Waals surface area contributed by atoms with Crippen LogP contribution in [0.25, 0.3) is 0 Å². The largest absolute Gasteiger partial charge is 0.480 e. The van der Waals surface area contributed by atoms with Crippen molar-refractivity contribution in [3.05, 3.63) is 35.4 Å². The molecule has 0 saturated carbocycles. The summed E-state index contributed by atoms with van der Waals surface area (Å²) in [5, 5.41) is 11.9. The predicted octanol–water partition coefficient (Wildman–Crippen LogP) is 3.78. The Bertz CT molecular complexity index is 541. The Morgan fingerprint density at radius 3 is 2.39 bits per heavy atom. The van der Waals surface area contributed by atoms with Gasteiger partial charge in [0.2, 0.25) is 0 Å². The van der Waals surface area contributed by atoms with Crippen molar-refractivity contribution in [2.75, 3.05) is 11.5 Å². The first-order chi connectivity index (χ1) is 11.0. The molecule has 1 aromatic carbocycles. The molecule has 0 radical (unpaired) electrons. The second-order valence-corrected chi connectivity index (χ2v) is 8.45. The molecule has 0 spiro atoms. The van der Waals surface area contributed by atoms with Gasteiger partial charge >= 0.3 is 5.97 Å². The molecule has 1 aliphatic heterocycles. The summed E-state index contributed by atoms with van der Waals surface area (Å²) in [5.74, 6) is 0.933. The van der Waals surface area contributed by atoms with Gasteiger partial charge in [-0.1, -0.05) is 32.4 Å². The van der Waals surface area contributed by atoms with Gasteiger partial charge in [0.15, 0.2) is 0 Å². The minimum atomic E-state index is -0.987. The fraction of sp³-hybridized carbons (Fsp3) is 0.529. The molecule has 1 fully saturated rings. The van der Waals surface area contributed by atoms with Gasteiger partial charge < -0.3 is 10.4 Å². The molecule has 0 bridgehead atoms. The second-order valence-electron chi connectivity index (χ2n) is 5.72. The molecular formula is C17H23NO3S2. The molecule has 2 N–H and O–H groups in total. The van der Waals surface area contributed by atoms with Crippen LogP contribution < -0.4 is 5.32 Å². The lowest BCUT2D eigenvalue weighted by molar-refractivity contribution is -0.140. The van der Waals surface area contributed by atoms with Gasteiger partial charge in [0.1, 0.15) is 6.04 Å². The Morgan fingerprint density at radius 1 is 1.26 bits per heavy atom. The van der Waals surface area contributed by atoms with Crippen LogP contribution in [0, 0.1) is 5.92 Å². The van der Waals surface area contributed by atoms with Gasteiger partial charge in [-0.05, 0) is 41.5 Å². The van der Waals surface area contributed by atoms with Gasteiger partial charge in [0.25, 0.3) is 5.91 Å². The van der Waals surface area contributed by atoms with Gasteiger partial charge in [0.05, 0.1) is 4.58 Å². The zero-order chi connectivity index (χ0) is 16.8. The molecule has 0 aliphatic carbocycles. The van der Waals surface area contributed by atoms with Crippen LogP contribution in [0.5, 0.6) is 0 Å². The average Bonchev–Trinajstić information content (AvgIpc) is 2.59. The lowest BCUT2D eigenvalue weighted by Gasteiger charge is -2.22. The fourth-order valence-electron chi connectivity index (χ4n) is 2.38. The van der Waals surface area contributed by atoms with Crippen LogP contribution in [0.1, 0.15) is 47.2 Å². The molecule has 1 amide bonds. The van der Waals surface area contributed by atoms with Crippen molar-refractivity contribution in [2.24, 2.45) is 5.92 Å². The number of carbonyl (C=O) groups is 2. The number of carbonyl (C=O) groups excluding carboxylic acids is 1. The summed E-state index contributed by atoms with van der Waals surface area (Å²) < 4.78 is 0.438. The predicted molar refractivity (Wildman–Crippen MR) is 97.1 cm³/mol. The zero-order valence-electron chi connectivity index (χ0n) is 13.5. The van der Waals surface area contributed by atoms with E-state index in [1.165, 1.54) is 23.5 Å². The highest BCUT2D eigenvalue weighted by Crippen LogP contribution is 2.43. The molecule has 1 heterocycles. The lowest BCUT2D eigenvalue weighted by atomic mass is 9.99. The first-order valence-electron chi connectivity index (χ1n) is 7.89. The highest BCUT2D eigenvalue weighted by molar-refractivity contribution is 8.16. The third-order valence-electron chi connectivity index (χ3n) is 4.04. The SMILES string of the molecule is CCC(C)C(NC(=O)c1ccc(C2SCCCS2)cc1)C(=O)O. The van der Waals surface area contributed by atoms with Crippen molar-refractivity contribution in [3.8, 4) is 0 Å². The molecule has 2 rings (SSSR count). The van der Waals surface area contributed by atoms with Gasteiger partial charge in [0, 0.05) is 5.56 Å². The van der Waals surface area contributed by atoms with Crippen molar-refractivity contribution in [1.82, 2.24) is 5.32 Å². The normalized spacial score (nSPS) is 18.2. The number of rotatable bonds is 6. The number of benzene rings is 1. The number of amides is 1. The van der Waals surface area contributed by atoms with Crippen molar-refractivity contribution < 1.29 is 14.7 Å². The van der Waals surface area contributed by atoms with E-state index in [1.807, 2.05) is 49.5 Å². The molecule has 6 heteroatoms. The Labute approximate surface area is 145 Å². The van der Waals surface area contributed by atoms with Crippen molar-refractivity contribution in [1.29, 1.82) is 0 Å². The van der Waals surface area contributed by atoms with E-state index < -0.39 is 12.0 Å². The number of carboxylic acid groups (broad SMARTS) is 1. The summed E-state index contributed by atoms with van der Waals surface area (Å²) in [6.07, 6.45) is 1.95. The summed E-state index contributed by atoms with van der Waals surface area (Å²) in [7, 11) is 0. The van der Waals surface area contributed by atoms with Crippen LogP contribution in [0.3, 0.4) is 0 Å². The number of hydrogen-bond acceptors (Lipinski definition) is 4. The number of thioether (sulfide) groups is 2. The molecule has 2 unspecified atom stereocenters. The van der Waals surface area contributed by atoms with E-state index in [2.05, 4.69) is 5.32 Å². The maximum atomic E-state index is 12.3. The molecule has 23 heavy (non-hydrogen) atoms. The Kier molecular flexibility index (Phi) is 6.84. The maximum Gasteiger partial charge on any atom is 0.326 e. The Balaban J connectivity index is 2.03. The smallest absolute Gasteiger partial charge is 0.326 e. The van der Waals surface area contributed by atoms with Gasteiger partial charge in [-0.25, -0.2) is 4.79 Å². The van der Waals surface area contributed by atoms with Crippen molar-refractivity contribution >= 4 is 35.4 Å². The van der Waals surface area contributed by atoms with Crippen LogP contribution >= 0.6 is 23.5 Å². The van der Waals surface area contributed by atoms with E-state index in [-0.39, 0.29) is 11.8 Å². The van der Waals surface area contributed by atoms with E-state index in [0.717, 1.165) is 0 Å². The van der Waals surface area contributed by atoms with Crippen LogP contribution in [0.15, 0.2) is 24.3 Å². The van der Waals surface area contributed by atoms with E-state index in [9.17, 15) is 14.7 Å². The summed E-state index contributed by atoms with van der Waals surface area (Å²) in [6, 6.07) is 6.68. The number of hydrogen-bond donors (Lipinski definition) is 2. The third-order valence-corrected chi connectivity index (χ3v) is 7.05. The van der Waals surface area contributed by atoms with Gasteiger partial charge in [-0.2, -0.15) is 0 Å². The maximum absolute atomic E-state index is 12.3. The summed E-state index contributed by atoms with van der Waals surface area (Å²) in [6.45, 7) is 3.75. The molecule has 1 aromatic rings. The van der Waals surface area contributed by atoms with Crippen LogP contribution in [-0.4, -0.2) is 34.5 Å². The number of nitrogens with one attached hydrogen (secondary N) is 1. The topological polar surface area (TPSA) is 66.4 Å². The molecule has 1 aliphatic rings. The lowest BCUT2D eigenvalue weighted by Crippen LogP contribution is -2.45. The monoisotopic (exact) mass is 353 g/mol. The van der Waals surface area contributed by atoms with E-state index in [0.29, 0.717) is 16.6 Å². The molecule has 1 saturated heterocycles. The first-order valence-corrected chi connectivity index (χ1v) is 9.99. The van der Waals surface area contributed by atoms with Gasteiger partial charge in [-0.3, -0.25) is 4.79 Å². The Morgan fingerprint density at radius 2 is 1.87 bits per heavy atom. The summed E-state index contributed by atoms with van der Waals surface area (Å²) >= 11 is 3.87. The van der Waals surface area contributed by atoms with Crippen molar-refractivity contribution in [3.63, 3.8) is 0 Å². The summed E-state index contributed by atoms with van der Waals surface area (Å²) in [5.41, 5.74) is 1.72. The third kappa shape index (κ3) is 4.91. The van der Waals surface area contributed by atoms with E-state index in [4.69, 9.17) is 0 Å². The highest BCUT2D eigenvalue weighted by Gasteiger charge is 2.26. The number of carboxylic acids is 1. The van der Waals surface area contributed by atoms with Gasteiger partial charge in [-0.15, -0.1) is 23.5 Å². The zero-order valence-corrected chi connectivity index (χ0v) is 15.1. The quantitative estimate of drug-likeness (QED) is 0.814. The van der Waals surface area contributed by atoms with E-state index >= 15 is 0 Å². The first kappa shape index (κ1) is 18.2. The van der Waals surface area contributed by atoms with Crippen LogP contribution in [0.2, 0.25) is 0 Å². The second kappa shape index (κ2) is 8.64.